The Labute approximate surface area is 117 Å². The average Bonchev–Trinajstić information content (AvgIpc) is 2.41. The largest absolute Gasteiger partial charge is 0.489 e. The van der Waals surface area contributed by atoms with Gasteiger partial charge in [-0.15, -0.1) is 0 Å². The lowest BCUT2D eigenvalue weighted by molar-refractivity contribution is 0.306. The first kappa shape index (κ1) is 13.3. The number of hydrogen-bond donors (Lipinski definition) is 1. The van der Waals surface area contributed by atoms with Crippen LogP contribution in [0.2, 0.25) is 5.02 Å². The summed E-state index contributed by atoms with van der Waals surface area (Å²) < 4.78 is 5.66. The number of nitrogens with zero attached hydrogens (tertiary/aromatic N) is 1. The van der Waals surface area contributed by atoms with E-state index < -0.39 is 0 Å². The van der Waals surface area contributed by atoms with Gasteiger partial charge in [-0.05, 0) is 42.8 Å². The highest BCUT2D eigenvalue weighted by molar-refractivity contribution is 6.31. The molecule has 0 heterocycles. The highest BCUT2D eigenvalue weighted by Crippen LogP contribution is 2.22. The van der Waals surface area contributed by atoms with Gasteiger partial charge in [-0.25, -0.2) is 0 Å². The summed E-state index contributed by atoms with van der Waals surface area (Å²) in [5.41, 5.74) is 8.84. The lowest BCUT2D eigenvalue weighted by Crippen LogP contribution is -1.98. The molecule has 0 saturated carbocycles. The molecule has 0 unspecified atom stereocenters. The average molecular weight is 273 g/mol. The highest BCUT2D eigenvalue weighted by atomic mass is 35.5. The molecule has 0 fully saturated rings. The van der Waals surface area contributed by atoms with Gasteiger partial charge in [0.05, 0.1) is 11.6 Å². The Bertz CT molecular complexity index is 647. The fourth-order valence-corrected chi connectivity index (χ4v) is 1.87. The van der Waals surface area contributed by atoms with Crippen molar-refractivity contribution in [3.63, 3.8) is 0 Å². The number of nitrogen functional groups attached to an aromatic ring is 1. The standard InChI is InChI=1S/C15H13ClN2O/c1-10-6-13(4-5-15(10)18)19-9-12-3-2-11(8-17)7-14(12)16/h2-7H,9,18H2,1H3. The van der Waals surface area contributed by atoms with E-state index in [-0.39, 0.29) is 0 Å². The van der Waals surface area contributed by atoms with Crippen molar-refractivity contribution in [2.24, 2.45) is 0 Å². The molecule has 3 nitrogen and oxygen atoms in total. The van der Waals surface area contributed by atoms with E-state index in [9.17, 15) is 0 Å². The van der Waals surface area contributed by atoms with Crippen LogP contribution >= 0.6 is 11.6 Å². The Balaban J connectivity index is 2.10. The molecule has 2 aromatic rings. The maximum atomic E-state index is 8.77. The van der Waals surface area contributed by atoms with E-state index in [1.165, 1.54) is 0 Å². The van der Waals surface area contributed by atoms with Crippen molar-refractivity contribution in [1.29, 1.82) is 5.26 Å². The van der Waals surface area contributed by atoms with Crippen LogP contribution in [0.3, 0.4) is 0 Å². The van der Waals surface area contributed by atoms with Crippen molar-refractivity contribution in [2.45, 2.75) is 13.5 Å². The smallest absolute Gasteiger partial charge is 0.120 e. The van der Waals surface area contributed by atoms with E-state index in [0.29, 0.717) is 17.2 Å². The molecule has 0 aromatic heterocycles. The predicted octanol–water partition coefficient (Wildman–Crippen LogP) is 3.68. The maximum absolute atomic E-state index is 8.77. The van der Waals surface area contributed by atoms with Crippen LogP contribution in [0.25, 0.3) is 0 Å². The first-order valence-electron chi connectivity index (χ1n) is 5.77. The van der Waals surface area contributed by atoms with Gasteiger partial charge < -0.3 is 10.5 Å². The minimum Gasteiger partial charge on any atom is -0.489 e. The normalized spacial score (nSPS) is 9.95. The molecule has 96 valence electrons. The molecule has 4 heteroatoms. The fraction of sp³-hybridized carbons (Fsp3) is 0.133. The second-order valence-electron chi connectivity index (χ2n) is 4.23. The highest BCUT2D eigenvalue weighted by Gasteiger charge is 2.04. The van der Waals surface area contributed by atoms with Crippen LogP contribution < -0.4 is 10.5 Å². The lowest BCUT2D eigenvalue weighted by atomic mass is 10.1. The molecule has 0 aliphatic heterocycles. The third-order valence-electron chi connectivity index (χ3n) is 2.82. The summed E-state index contributed by atoms with van der Waals surface area (Å²) in [6, 6.07) is 12.7. The van der Waals surface area contributed by atoms with Crippen LogP contribution in [-0.2, 0) is 6.61 Å². The maximum Gasteiger partial charge on any atom is 0.120 e. The summed E-state index contributed by atoms with van der Waals surface area (Å²) in [7, 11) is 0. The third kappa shape index (κ3) is 3.18. The second kappa shape index (κ2) is 5.64. The van der Waals surface area contributed by atoms with Crippen molar-refractivity contribution in [2.75, 3.05) is 5.73 Å². The van der Waals surface area contributed by atoms with Crippen LogP contribution in [0.15, 0.2) is 36.4 Å². The predicted molar refractivity (Wildman–Crippen MR) is 76.1 cm³/mol. The number of nitriles is 1. The summed E-state index contributed by atoms with van der Waals surface area (Å²) in [6.45, 7) is 2.28. The molecule has 0 bridgehead atoms. The zero-order chi connectivity index (χ0) is 13.8. The number of aryl methyl sites for hydroxylation is 1. The SMILES string of the molecule is Cc1cc(OCc2ccc(C#N)cc2Cl)ccc1N. The molecule has 0 radical (unpaired) electrons. The zero-order valence-electron chi connectivity index (χ0n) is 10.5. The van der Waals surface area contributed by atoms with Gasteiger partial charge in [-0.1, -0.05) is 17.7 Å². The van der Waals surface area contributed by atoms with Crippen LogP contribution in [0.1, 0.15) is 16.7 Å². The van der Waals surface area contributed by atoms with Crippen molar-refractivity contribution in [1.82, 2.24) is 0 Å². The molecular weight excluding hydrogens is 260 g/mol. The van der Waals surface area contributed by atoms with Crippen LogP contribution in [0.5, 0.6) is 5.75 Å². The molecule has 0 aliphatic rings. The van der Waals surface area contributed by atoms with Gasteiger partial charge in [0, 0.05) is 16.3 Å². The van der Waals surface area contributed by atoms with Gasteiger partial charge >= 0.3 is 0 Å². The number of anilines is 1. The molecule has 2 N–H and O–H groups in total. The molecule has 0 saturated heterocycles. The molecule has 0 aliphatic carbocycles. The number of rotatable bonds is 3. The van der Waals surface area contributed by atoms with E-state index in [2.05, 4.69) is 0 Å². The van der Waals surface area contributed by atoms with E-state index in [0.717, 1.165) is 22.6 Å². The van der Waals surface area contributed by atoms with Crippen molar-refractivity contribution < 1.29 is 4.74 Å². The van der Waals surface area contributed by atoms with E-state index in [1.807, 2.05) is 31.2 Å². The van der Waals surface area contributed by atoms with Crippen molar-refractivity contribution >= 4 is 17.3 Å². The van der Waals surface area contributed by atoms with Gasteiger partial charge in [0.1, 0.15) is 12.4 Å². The summed E-state index contributed by atoms with van der Waals surface area (Å²) in [4.78, 5) is 0. The van der Waals surface area contributed by atoms with Gasteiger partial charge in [0.15, 0.2) is 0 Å². The monoisotopic (exact) mass is 272 g/mol. The molecule has 2 rings (SSSR count). The first-order chi connectivity index (χ1) is 9.10. The van der Waals surface area contributed by atoms with E-state index in [4.69, 9.17) is 27.3 Å². The summed E-state index contributed by atoms with van der Waals surface area (Å²) >= 11 is 6.08. The fourth-order valence-electron chi connectivity index (χ4n) is 1.63. The van der Waals surface area contributed by atoms with Crippen molar-refractivity contribution in [3.8, 4) is 11.8 Å². The summed E-state index contributed by atoms with van der Waals surface area (Å²) in [6.07, 6.45) is 0. The Morgan fingerprint density at radius 1 is 1.26 bits per heavy atom. The Hall–Kier alpha value is -2.18. The Morgan fingerprint density at radius 3 is 2.68 bits per heavy atom. The minimum absolute atomic E-state index is 0.355. The zero-order valence-corrected chi connectivity index (χ0v) is 11.2. The first-order valence-corrected chi connectivity index (χ1v) is 6.15. The van der Waals surface area contributed by atoms with Gasteiger partial charge in [-0.2, -0.15) is 5.26 Å². The summed E-state index contributed by atoms with van der Waals surface area (Å²) in [5, 5.41) is 9.30. The number of halogens is 1. The Morgan fingerprint density at radius 2 is 2.05 bits per heavy atom. The molecule has 0 amide bonds. The quantitative estimate of drug-likeness (QED) is 0.867. The number of benzene rings is 2. The molecular formula is C15H13ClN2O. The molecule has 0 atom stereocenters. The topological polar surface area (TPSA) is 59.0 Å². The number of hydrogen-bond acceptors (Lipinski definition) is 3. The number of ether oxygens (including phenoxy) is 1. The minimum atomic E-state index is 0.355. The van der Waals surface area contributed by atoms with E-state index in [1.54, 1.807) is 18.2 Å². The van der Waals surface area contributed by atoms with Gasteiger partial charge in [0.25, 0.3) is 0 Å². The second-order valence-corrected chi connectivity index (χ2v) is 4.63. The Kier molecular flexibility index (Phi) is 3.94. The third-order valence-corrected chi connectivity index (χ3v) is 3.17. The van der Waals surface area contributed by atoms with Crippen molar-refractivity contribution in [3.05, 3.63) is 58.1 Å². The van der Waals surface area contributed by atoms with Crippen LogP contribution in [0.4, 0.5) is 5.69 Å². The van der Waals surface area contributed by atoms with Gasteiger partial charge in [0.2, 0.25) is 0 Å². The van der Waals surface area contributed by atoms with Gasteiger partial charge in [-0.3, -0.25) is 0 Å². The molecule has 2 aromatic carbocycles. The number of nitrogens with two attached hydrogens (primary N) is 1. The molecule has 19 heavy (non-hydrogen) atoms. The van der Waals surface area contributed by atoms with Crippen LogP contribution in [-0.4, -0.2) is 0 Å². The summed E-state index contributed by atoms with van der Waals surface area (Å²) in [5.74, 6) is 0.743. The lowest BCUT2D eigenvalue weighted by Gasteiger charge is -2.09. The molecule has 0 spiro atoms. The van der Waals surface area contributed by atoms with Crippen LogP contribution in [0, 0.1) is 18.3 Å². The van der Waals surface area contributed by atoms with E-state index >= 15 is 0 Å².